The lowest BCUT2D eigenvalue weighted by Crippen LogP contribution is -2.32. The minimum absolute atomic E-state index is 0.0517. The molecule has 1 aliphatic carbocycles. The van der Waals surface area contributed by atoms with Crippen molar-refractivity contribution in [2.24, 2.45) is 0 Å². The van der Waals surface area contributed by atoms with E-state index in [0.29, 0.717) is 6.67 Å². The van der Waals surface area contributed by atoms with Crippen LogP contribution in [-0.4, -0.2) is 42.6 Å². The molecular weight excluding hydrogens is 439 g/mol. The van der Waals surface area contributed by atoms with E-state index in [0.717, 1.165) is 60.2 Å². The first-order chi connectivity index (χ1) is 15.1. The average molecular weight is 462 g/mol. The predicted molar refractivity (Wildman–Crippen MR) is 116 cm³/mol. The van der Waals surface area contributed by atoms with Crippen LogP contribution in [0.15, 0.2) is 59.6 Å². The molecule has 0 N–H and O–H groups in total. The van der Waals surface area contributed by atoms with Crippen molar-refractivity contribution in [3.8, 4) is 0 Å². The molecule has 1 saturated carbocycles. The van der Waals surface area contributed by atoms with Gasteiger partial charge in [0, 0.05) is 35.9 Å². The SMILES string of the molecule is Cc1cccc2c(CN3CN(c4ccc(S(=O)(=O)C(F)(F)F)cc4)CC34CC4)ccnc12. The van der Waals surface area contributed by atoms with Gasteiger partial charge in [0.2, 0.25) is 0 Å². The second-order valence-corrected chi connectivity index (χ2v) is 10.6. The number of rotatable bonds is 4. The summed E-state index contributed by atoms with van der Waals surface area (Å²) in [5.41, 5.74) is -1.22. The number of alkyl halides is 3. The number of aromatic nitrogens is 1. The number of halogens is 3. The lowest BCUT2D eigenvalue weighted by Gasteiger charge is -2.23. The molecule has 2 fully saturated rings. The Morgan fingerprint density at radius 3 is 2.44 bits per heavy atom. The minimum atomic E-state index is -5.34. The third-order valence-electron chi connectivity index (χ3n) is 6.57. The molecule has 9 heteroatoms. The van der Waals surface area contributed by atoms with E-state index in [1.807, 2.05) is 31.3 Å². The number of aryl methyl sites for hydroxylation is 1. The molecule has 0 radical (unpaired) electrons. The molecule has 0 bridgehead atoms. The van der Waals surface area contributed by atoms with Gasteiger partial charge in [0.25, 0.3) is 9.84 Å². The van der Waals surface area contributed by atoms with Crippen LogP contribution in [0.4, 0.5) is 18.9 Å². The highest BCUT2D eigenvalue weighted by molar-refractivity contribution is 7.92. The van der Waals surface area contributed by atoms with Crippen molar-refractivity contribution in [3.05, 3.63) is 65.9 Å². The van der Waals surface area contributed by atoms with Crippen LogP contribution in [-0.2, 0) is 16.4 Å². The first-order valence-electron chi connectivity index (χ1n) is 10.4. The standard InChI is InChI=1S/C23H22F3N3O2S/c1-16-3-2-4-20-17(9-12-27-21(16)20)13-29-15-28(14-22(29)10-11-22)18-5-7-19(8-6-18)32(30,31)23(24,25)26/h2-9,12H,10-11,13-15H2,1H3. The van der Waals surface area contributed by atoms with E-state index in [9.17, 15) is 21.6 Å². The summed E-state index contributed by atoms with van der Waals surface area (Å²) < 4.78 is 61.7. The fourth-order valence-corrected chi connectivity index (χ4v) is 5.33. The second kappa shape index (κ2) is 7.18. The van der Waals surface area contributed by atoms with Crippen molar-refractivity contribution in [1.29, 1.82) is 0 Å². The van der Waals surface area contributed by atoms with Gasteiger partial charge in [0.15, 0.2) is 0 Å². The number of fused-ring (bicyclic) bond motifs is 1. The van der Waals surface area contributed by atoms with Crippen LogP contribution < -0.4 is 4.90 Å². The van der Waals surface area contributed by atoms with Crippen LogP contribution in [0.2, 0.25) is 0 Å². The Balaban J connectivity index is 1.39. The van der Waals surface area contributed by atoms with E-state index >= 15 is 0 Å². The zero-order valence-corrected chi connectivity index (χ0v) is 18.2. The monoisotopic (exact) mass is 461 g/mol. The van der Waals surface area contributed by atoms with Gasteiger partial charge in [-0.3, -0.25) is 9.88 Å². The molecule has 1 spiro atoms. The summed E-state index contributed by atoms with van der Waals surface area (Å²) in [5.74, 6) is 0. The number of benzene rings is 2. The maximum absolute atomic E-state index is 12.8. The number of hydrogen-bond donors (Lipinski definition) is 0. The van der Waals surface area contributed by atoms with Crippen LogP contribution in [0.3, 0.4) is 0 Å². The van der Waals surface area contributed by atoms with Crippen molar-refractivity contribution < 1.29 is 21.6 Å². The Hall–Kier alpha value is -2.65. The zero-order chi connectivity index (χ0) is 22.7. The summed E-state index contributed by atoms with van der Waals surface area (Å²) >= 11 is 0. The number of anilines is 1. The van der Waals surface area contributed by atoms with Gasteiger partial charge < -0.3 is 4.90 Å². The highest BCUT2D eigenvalue weighted by Crippen LogP contribution is 2.48. The van der Waals surface area contributed by atoms with Gasteiger partial charge in [-0.1, -0.05) is 18.2 Å². The zero-order valence-electron chi connectivity index (χ0n) is 17.4. The Labute approximate surface area is 184 Å². The van der Waals surface area contributed by atoms with Gasteiger partial charge >= 0.3 is 5.51 Å². The van der Waals surface area contributed by atoms with Crippen LogP contribution in [0.1, 0.15) is 24.0 Å². The van der Waals surface area contributed by atoms with Crippen molar-refractivity contribution >= 4 is 26.4 Å². The van der Waals surface area contributed by atoms with Crippen molar-refractivity contribution in [2.75, 3.05) is 18.1 Å². The average Bonchev–Trinajstić information content (AvgIpc) is 3.44. The molecular formula is C23H22F3N3O2S. The van der Waals surface area contributed by atoms with Crippen LogP contribution in [0.5, 0.6) is 0 Å². The molecule has 0 unspecified atom stereocenters. The van der Waals surface area contributed by atoms with E-state index in [-0.39, 0.29) is 5.54 Å². The third kappa shape index (κ3) is 3.44. The molecule has 1 aromatic heterocycles. The molecule has 3 aromatic rings. The molecule has 0 atom stereocenters. The first kappa shape index (κ1) is 21.2. The van der Waals surface area contributed by atoms with Gasteiger partial charge in [-0.2, -0.15) is 13.2 Å². The first-order valence-corrected chi connectivity index (χ1v) is 11.8. The van der Waals surface area contributed by atoms with E-state index in [4.69, 9.17) is 0 Å². The lowest BCUT2D eigenvalue weighted by molar-refractivity contribution is -0.0436. The quantitative estimate of drug-likeness (QED) is 0.566. The molecule has 1 aliphatic heterocycles. The number of pyridine rings is 1. The Morgan fingerprint density at radius 2 is 1.78 bits per heavy atom. The topological polar surface area (TPSA) is 53.5 Å². The van der Waals surface area contributed by atoms with Crippen LogP contribution in [0.25, 0.3) is 10.9 Å². The van der Waals surface area contributed by atoms with Crippen LogP contribution in [0, 0.1) is 6.92 Å². The molecule has 5 rings (SSSR count). The predicted octanol–water partition coefficient (Wildman–Crippen LogP) is 4.65. The molecule has 0 amide bonds. The summed E-state index contributed by atoms with van der Waals surface area (Å²) in [6.07, 6.45) is 3.95. The summed E-state index contributed by atoms with van der Waals surface area (Å²) in [6.45, 7) is 4.18. The Morgan fingerprint density at radius 1 is 1.06 bits per heavy atom. The van der Waals surface area contributed by atoms with E-state index < -0.39 is 20.2 Å². The smallest absolute Gasteiger partial charge is 0.357 e. The van der Waals surface area contributed by atoms with Gasteiger partial charge in [-0.05, 0) is 61.2 Å². The number of hydrogen-bond acceptors (Lipinski definition) is 5. The third-order valence-corrected chi connectivity index (χ3v) is 8.07. The molecule has 5 nitrogen and oxygen atoms in total. The summed E-state index contributed by atoms with van der Waals surface area (Å²) in [6, 6.07) is 13.2. The van der Waals surface area contributed by atoms with Crippen molar-refractivity contribution in [2.45, 2.75) is 42.3 Å². The Kier molecular flexibility index (Phi) is 4.76. The van der Waals surface area contributed by atoms with Gasteiger partial charge in [0.1, 0.15) is 0 Å². The molecule has 168 valence electrons. The number of nitrogens with zero attached hydrogens (tertiary/aromatic N) is 3. The maximum atomic E-state index is 12.8. The summed E-state index contributed by atoms with van der Waals surface area (Å²) in [5, 5.41) is 1.13. The highest BCUT2D eigenvalue weighted by Gasteiger charge is 2.53. The lowest BCUT2D eigenvalue weighted by atomic mass is 10.0. The van der Waals surface area contributed by atoms with Crippen molar-refractivity contribution in [1.82, 2.24) is 9.88 Å². The van der Waals surface area contributed by atoms with Gasteiger partial charge in [-0.15, -0.1) is 0 Å². The van der Waals surface area contributed by atoms with E-state index in [1.54, 1.807) is 0 Å². The fraction of sp³-hybridized carbons (Fsp3) is 0.348. The van der Waals surface area contributed by atoms with E-state index in [2.05, 4.69) is 20.9 Å². The summed E-state index contributed by atoms with van der Waals surface area (Å²) in [7, 11) is -5.34. The van der Waals surface area contributed by atoms with Gasteiger partial charge in [0.05, 0.1) is 17.1 Å². The highest BCUT2D eigenvalue weighted by atomic mass is 32.2. The molecule has 2 heterocycles. The van der Waals surface area contributed by atoms with E-state index in [1.165, 1.54) is 17.7 Å². The Bertz CT molecular complexity index is 1290. The minimum Gasteiger partial charge on any atom is -0.357 e. The second-order valence-electron chi connectivity index (χ2n) is 8.65. The largest absolute Gasteiger partial charge is 0.501 e. The molecule has 1 saturated heterocycles. The number of para-hydroxylation sites is 1. The molecule has 2 aromatic carbocycles. The van der Waals surface area contributed by atoms with Crippen molar-refractivity contribution in [3.63, 3.8) is 0 Å². The fourth-order valence-electron chi connectivity index (χ4n) is 4.56. The number of sulfone groups is 1. The normalized spacial score (nSPS) is 18.6. The van der Waals surface area contributed by atoms with Gasteiger partial charge in [-0.25, -0.2) is 8.42 Å². The molecule has 32 heavy (non-hydrogen) atoms. The summed E-state index contributed by atoms with van der Waals surface area (Å²) in [4.78, 5) is 8.30. The molecule has 2 aliphatic rings. The van der Waals surface area contributed by atoms with Crippen LogP contribution >= 0.6 is 0 Å². The maximum Gasteiger partial charge on any atom is 0.501 e.